The molecule has 11 heteroatoms. The molecule has 0 spiro atoms. The van der Waals surface area contributed by atoms with Crippen LogP contribution in [-0.4, -0.2) is 45.6 Å². The Morgan fingerprint density at radius 2 is 2.06 bits per heavy atom. The minimum Gasteiger partial charge on any atom is -0.494 e. The molecular formula is C25H28F2N6O2S. The second-order valence-corrected chi connectivity index (χ2v) is 9.74. The van der Waals surface area contributed by atoms with E-state index in [1.54, 1.807) is 0 Å². The second-order valence-electron chi connectivity index (χ2n) is 8.80. The fourth-order valence-electron chi connectivity index (χ4n) is 4.41. The molecule has 36 heavy (non-hydrogen) atoms. The van der Waals surface area contributed by atoms with E-state index in [1.165, 1.54) is 23.4 Å². The fraction of sp³-hybridized carbons (Fsp3) is 0.360. The molecule has 1 amide bonds. The summed E-state index contributed by atoms with van der Waals surface area (Å²) < 4.78 is 32.7. The van der Waals surface area contributed by atoms with Crippen molar-refractivity contribution in [1.82, 2.24) is 20.8 Å². The molecule has 0 saturated carbocycles. The van der Waals surface area contributed by atoms with Gasteiger partial charge in [-0.2, -0.15) is 5.10 Å². The van der Waals surface area contributed by atoms with Gasteiger partial charge in [-0.3, -0.25) is 10.2 Å². The van der Waals surface area contributed by atoms with E-state index in [4.69, 9.17) is 4.74 Å². The van der Waals surface area contributed by atoms with E-state index in [2.05, 4.69) is 45.3 Å². The van der Waals surface area contributed by atoms with E-state index in [0.29, 0.717) is 5.17 Å². The molecule has 3 heterocycles. The highest BCUT2D eigenvalue weighted by Crippen LogP contribution is 2.35. The number of hydrogen-bond acceptors (Lipinski definition) is 8. The zero-order valence-corrected chi connectivity index (χ0v) is 20.6. The predicted octanol–water partition coefficient (Wildman–Crippen LogP) is 4.12. The molecule has 3 aliphatic rings. The number of hydrazone groups is 1. The van der Waals surface area contributed by atoms with Crippen LogP contribution in [0.25, 0.3) is 0 Å². The van der Waals surface area contributed by atoms with Crippen LogP contribution >= 0.6 is 11.8 Å². The molecule has 1 saturated heterocycles. The molecule has 0 radical (unpaired) electrons. The van der Waals surface area contributed by atoms with Crippen molar-refractivity contribution in [2.75, 3.05) is 17.7 Å². The van der Waals surface area contributed by atoms with Crippen LogP contribution in [0.5, 0.6) is 5.75 Å². The first-order valence-electron chi connectivity index (χ1n) is 12.0. The lowest BCUT2D eigenvalue weighted by Gasteiger charge is -2.36. The normalized spacial score (nSPS) is 22.1. The summed E-state index contributed by atoms with van der Waals surface area (Å²) in [4.78, 5) is 14.3. The summed E-state index contributed by atoms with van der Waals surface area (Å²) in [5.74, 6) is -0.984. The largest absolute Gasteiger partial charge is 0.494 e. The van der Waals surface area contributed by atoms with Crippen LogP contribution in [0.15, 0.2) is 60.0 Å². The van der Waals surface area contributed by atoms with Crippen LogP contribution < -0.4 is 20.9 Å². The average Bonchev–Trinajstić information content (AvgIpc) is 3.49. The first kappa shape index (κ1) is 24.4. The van der Waals surface area contributed by atoms with Crippen LogP contribution in [0.1, 0.15) is 37.8 Å². The maximum absolute atomic E-state index is 13.8. The van der Waals surface area contributed by atoms with Gasteiger partial charge in [-0.25, -0.2) is 14.2 Å². The Morgan fingerprint density at radius 3 is 2.83 bits per heavy atom. The zero-order chi connectivity index (χ0) is 25.1. The molecule has 3 unspecified atom stereocenters. The number of thioether (sulfide) groups is 1. The number of amides is 1. The molecule has 3 N–H and O–H groups in total. The SMILES string of the molecule is CCCCOc1ccc(C2CC3C4NN=C(SCC(=O)Nc5ccc(F)cc5F)N4C=CN3N2)cc1. The zero-order valence-electron chi connectivity index (χ0n) is 19.8. The number of anilines is 1. The molecule has 0 bridgehead atoms. The number of ether oxygens (including phenoxy) is 1. The van der Waals surface area contributed by atoms with E-state index in [9.17, 15) is 13.6 Å². The van der Waals surface area contributed by atoms with Gasteiger partial charge in [0, 0.05) is 18.5 Å². The Bertz CT molecular complexity index is 1160. The third kappa shape index (κ3) is 5.26. The van der Waals surface area contributed by atoms with Gasteiger partial charge in [-0.1, -0.05) is 37.2 Å². The topological polar surface area (TPSA) is 81.2 Å². The van der Waals surface area contributed by atoms with Crippen LogP contribution in [0.3, 0.4) is 0 Å². The molecule has 190 valence electrons. The van der Waals surface area contributed by atoms with Crippen LogP contribution in [0, 0.1) is 11.6 Å². The summed E-state index contributed by atoms with van der Waals surface area (Å²) in [5.41, 5.74) is 7.87. The van der Waals surface area contributed by atoms with E-state index in [-0.39, 0.29) is 29.7 Å². The minimum absolute atomic E-state index is 0.0380. The number of nitrogens with zero attached hydrogens (tertiary/aromatic N) is 3. The van der Waals surface area contributed by atoms with E-state index >= 15 is 0 Å². The highest BCUT2D eigenvalue weighted by molar-refractivity contribution is 8.14. The Hall–Kier alpha value is -3.31. The standard InChI is InChI=1S/C25H28F2N6O2S/c1-2-3-12-35-18-7-4-16(5-8-18)21-14-22-24-29-30-25(32(24)10-11-33(22)31-21)36-15-23(34)28-20-9-6-17(26)13-19(20)27/h4-11,13,21-22,24,29,31H,2-3,12,14-15H2,1H3,(H,28,34). The molecule has 2 aromatic carbocycles. The lowest BCUT2D eigenvalue weighted by Crippen LogP contribution is -2.54. The van der Waals surface area contributed by atoms with Crippen molar-refractivity contribution < 1.29 is 18.3 Å². The Kier molecular flexibility index (Phi) is 7.28. The van der Waals surface area contributed by atoms with Crippen LogP contribution in [0.2, 0.25) is 0 Å². The summed E-state index contributed by atoms with van der Waals surface area (Å²) in [5, 5.41) is 9.65. The quantitative estimate of drug-likeness (QED) is 0.457. The van der Waals surface area contributed by atoms with Gasteiger partial charge in [0.05, 0.1) is 30.1 Å². The van der Waals surface area contributed by atoms with Crippen molar-refractivity contribution in [1.29, 1.82) is 0 Å². The fourth-order valence-corrected chi connectivity index (χ4v) is 5.18. The van der Waals surface area contributed by atoms with E-state index in [0.717, 1.165) is 43.8 Å². The second kappa shape index (κ2) is 10.8. The molecular weight excluding hydrogens is 486 g/mol. The number of unbranched alkanes of at least 4 members (excludes halogenated alkanes) is 1. The predicted molar refractivity (Wildman–Crippen MR) is 136 cm³/mol. The molecule has 8 nitrogen and oxygen atoms in total. The number of carbonyl (C=O) groups is 1. The monoisotopic (exact) mass is 514 g/mol. The number of carbonyl (C=O) groups excluding carboxylic acids is 1. The van der Waals surface area contributed by atoms with Gasteiger partial charge in [-0.05, 0) is 42.7 Å². The Morgan fingerprint density at radius 1 is 1.22 bits per heavy atom. The molecule has 3 aliphatic heterocycles. The van der Waals surface area contributed by atoms with Gasteiger partial charge in [0.15, 0.2) is 5.17 Å². The summed E-state index contributed by atoms with van der Waals surface area (Å²) in [6.07, 6.45) is 6.83. The van der Waals surface area contributed by atoms with Gasteiger partial charge in [-0.15, -0.1) is 0 Å². The smallest absolute Gasteiger partial charge is 0.234 e. The van der Waals surface area contributed by atoms with Crippen LogP contribution in [0.4, 0.5) is 14.5 Å². The third-order valence-corrected chi connectivity index (χ3v) is 7.26. The number of halogens is 2. The number of fused-ring (bicyclic) bond motifs is 3. The number of hydrazine groups is 1. The van der Waals surface area contributed by atoms with E-state index < -0.39 is 17.5 Å². The number of hydrogen-bond donors (Lipinski definition) is 3. The van der Waals surface area contributed by atoms with Crippen molar-refractivity contribution in [3.63, 3.8) is 0 Å². The van der Waals surface area contributed by atoms with Gasteiger partial charge >= 0.3 is 0 Å². The van der Waals surface area contributed by atoms with E-state index in [1.807, 2.05) is 29.4 Å². The molecule has 2 aromatic rings. The Balaban J connectivity index is 1.14. The number of benzene rings is 2. The van der Waals surface area contributed by atoms with Crippen molar-refractivity contribution in [2.24, 2.45) is 5.10 Å². The highest BCUT2D eigenvalue weighted by atomic mass is 32.2. The molecule has 5 rings (SSSR count). The van der Waals surface area contributed by atoms with Crippen molar-refractivity contribution in [3.8, 4) is 5.75 Å². The van der Waals surface area contributed by atoms with Gasteiger partial charge in [0.25, 0.3) is 0 Å². The number of nitrogens with one attached hydrogen (secondary N) is 3. The van der Waals surface area contributed by atoms with Crippen LogP contribution in [-0.2, 0) is 4.79 Å². The summed E-state index contributed by atoms with van der Waals surface area (Å²) >= 11 is 1.25. The van der Waals surface area contributed by atoms with Crippen molar-refractivity contribution >= 4 is 28.5 Å². The summed E-state index contributed by atoms with van der Waals surface area (Å²) in [6, 6.07) is 11.6. The first-order valence-corrected chi connectivity index (χ1v) is 12.9. The van der Waals surface area contributed by atoms with Crippen molar-refractivity contribution in [3.05, 3.63) is 72.1 Å². The lowest BCUT2D eigenvalue weighted by molar-refractivity contribution is -0.113. The maximum atomic E-state index is 13.8. The first-order chi connectivity index (χ1) is 17.5. The lowest BCUT2D eigenvalue weighted by atomic mass is 10.00. The van der Waals surface area contributed by atoms with Gasteiger partial charge in [0.1, 0.15) is 23.5 Å². The summed E-state index contributed by atoms with van der Waals surface area (Å²) in [7, 11) is 0. The number of amidine groups is 1. The third-order valence-electron chi connectivity index (χ3n) is 6.29. The highest BCUT2D eigenvalue weighted by Gasteiger charge is 2.44. The Labute approximate surface area is 212 Å². The van der Waals surface area contributed by atoms with Gasteiger partial charge < -0.3 is 20.0 Å². The maximum Gasteiger partial charge on any atom is 0.234 e. The molecule has 1 fully saturated rings. The molecule has 3 atom stereocenters. The average molecular weight is 515 g/mol. The minimum atomic E-state index is -0.811. The summed E-state index contributed by atoms with van der Waals surface area (Å²) in [6.45, 7) is 2.87. The van der Waals surface area contributed by atoms with Gasteiger partial charge in [0.2, 0.25) is 5.91 Å². The van der Waals surface area contributed by atoms with Crippen molar-refractivity contribution in [2.45, 2.75) is 44.4 Å². The number of rotatable bonds is 8. The molecule has 0 aliphatic carbocycles. The molecule has 0 aromatic heterocycles.